The average Bonchev–Trinajstić information content (AvgIpc) is 2.90. The summed E-state index contributed by atoms with van der Waals surface area (Å²) in [5.74, 6) is 0.251. The number of carbonyl (C=O) groups is 1. The Morgan fingerprint density at radius 1 is 1.11 bits per heavy atom. The van der Waals surface area contributed by atoms with Crippen LogP contribution in [0.2, 0.25) is 0 Å². The second kappa shape index (κ2) is 10.8. The molecule has 37 heavy (non-hydrogen) atoms. The van der Waals surface area contributed by atoms with Gasteiger partial charge in [0.1, 0.15) is 12.4 Å². The van der Waals surface area contributed by atoms with E-state index in [-0.39, 0.29) is 36.8 Å². The number of carbonyl (C=O) groups excluding carboxylic acids is 1. The predicted octanol–water partition coefficient (Wildman–Crippen LogP) is 4.95. The Morgan fingerprint density at radius 3 is 2.57 bits per heavy atom. The van der Waals surface area contributed by atoms with E-state index in [2.05, 4.69) is 16.4 Å². The summed E-state index contributed by atoms with van der Waals surface area (Å²) in [4.78, 5) is 13.0. The maximum atomic E-state index is 13.0. The number of ether oxygens (including phenoxy) is 2. The molecule has 2 aliphatic rings. The molecule has 0 aromatic heterocycles. The molecule has 0 saturated heterocycles. The van der Waals surface area contributed by atoms with E-state index >= 15 is 0 Å². The molecular weight excluding hydrogens is 511 g/mol. The fraction of sp³-hybridized carbons (Fsp3) is 0.500. The van der Waals surface area contributed by atoms with Crippen LogP contribution in [0.25, 0.3) is 0 Å². The summed E-state index contributed by atoms with van der Waals surface area (Å²) in [5, 5.41) is 2.92. The Kier molecular flexibility index (Phi) is 7.91. The molecule has 0 fully saturated rings. The third kappa shape index (κ3) is 6.14. The normalized spacial score (nSPS) is 24.1. The maximum absolute atomic E-state index is 13.0. The van der Waals surface area contributed by atoms with Gasteiger partial charge in [0.15, 0.2) is 11.5 Å². The van der Waals surface area contributed by atoms with Gasteiger partial charge in [-0.25, -0.2) is 0 Å². The number of hydrogen-bond acceptors (Lipinski definition) is 6. The van der Waals surface area contributed by atoms with Gasteiger partial charge in [-0.2, -0.15) is 21.6 Å². The second-order valence-electron chi connectivity index (χ2n) is 9.64. The van der Waals surface area contributed by atoms with Crippen LogP contribution in [0.4, 0.5) is 13.2 Å². The quantitative estimate of drug-likeness (QED) is 0.426. The zero-order valence-corrected chi connectivity index (χ0v) is 21.4. The van der Waals surface area contributed by atoms with Gasteiger partial charge in [-0.1, -0.05) is 44.9 Å². The number of aryl methyl sites for hydroxylation is 1. The van der Waals surface area contributed by atoms with E-state index in [1.165, 1.54) is 12.1 Å². The van der Waals surface area contributed by atoms with Gasteiger partial charge in [-0.15, -0.1) is 0 Å². The van der Waals surface area contributed by atoms with Crippen LogP contribution < -0.4 is 19.0 Å². The molecule has 0 spiro atoms. The Morgan fingerprint density at radius 2 is 1.84 bits per heavy atom. The second-order valence-corrected chi connectivity index (χ2v) is 11.2. The number of halogens is 3. The largest absolute Gasteiger partial charge is 0.534 e. The number of amides is 1. The molecule has 1 N–H and O–H groups in total. The third-order valence-electron chi connectivity index (χ3n) is 7.19. The van der Waals surface area contributed by atoms with Gasteiger partial charge in [-0.05, 0) is 60.1 Å². The van der Waals surface area contributed by atoms with Gasteiger partial charge in [0.2, 0.25) is 6.10 Å². The third-order valence-corrected chi connectivity index (χ3v) is 8.17. The maximum Gasteiger partial charge on any atom is 0.534 e. The fourth-order valence-corrected chi connectivity index (χ4v) is 5.32. The van der Waals surface area contributed by atoms with Gasteiger partial charge in [0.05, 0.1) is 0 Å². The van der Waals surface area contributed by atoms with E-state index in [1.54, 1.807) is 30.3 Å². The smallest absolute Gasteiger partial charge is 0.485 e. The lowest BCUT2D eigenvalue weighted by Gasteiger charge is -2.31. The van der Waals surface area contributed by atoms with Crippen molar-refractivity contribution in [3.8, 4) is 17.2 Å². The number of rotatable bonds is 5. The first-order valence-electron chi connectivity index (χ1n) is 12.3. The molecule has 2 unspecified atom stereocenters. The molecule has 1 aliphatic carbocycles. The summed E-state index contributed by atoms with van der Waals surface area (Å²) < 4.78 is 77.8. The standard InChI is InChI=1S/C26H30F3NO6S/c1-16-7-3-4-8-18-11-12-19(36-37(32,33)26(27,28)29)13-20(18)21(17(16)2)14-30-25(31)24-15-34-22-9-5-6-10-23(22)35-24/h5-6,9-13,16-17,21,24H,3-4,7-8,14-15H2,1-2H3,(H,30,31)/t16-,17?,21?,24-/m0/s1. The Labute approximate surface area is 214 Å². The molecule has 2 aromatic carbocycles. The Hall–Kier alpha value is -2.95. The minimum absolute atomic E-state index is 0.0378. The van der Waals surface area contributed by atoms with Crippen LogP contribution in [0.5, 0.6) is 17.2 Å². The number of nitrogens with one attached hydrogen (secondary N) is 1. The molecule has 2 aromatic rings. The highest BCUT2D eigenvalue weighted by molar-refractivity contribution is 7.88. The number of para-hydroxylation sites is 2. The lowest BCUT2D eigenvalue weighted by Crippen LogP contribution is -2.45. The number of fused-ring (bicyclic) bond motifs is 2. The van der Waals surface area contributed by atoms with Gasteiger partial charge >= 0.3 is 15.6 Å². The number of hydrogen-bond donors (Lipinski definition) is 1. The highest BCUT2D eigenvalue weighted by Crippen LogP contribution is 2.39. The van der Waals surface area contributed by atoms with Crippen LogP contribution in [0.3, 0.4) is 0 Å². The predicted molar refractivity (Wildman–Crippen MR) is 130 cm³/mol. The van der Waals surface area contributed by atoms with E-state index in [0.29, 0.717) is 23.5 Å². The minimum Gasteiger partial charge on any atom is -0.485 e. The van der Waals surface area contributed by atoms with E-state index in [0.717, 1.165) is 24.8 Å². The van der Waals surface area contributed by atoms with Gasteiger partial charge in [-0.3, -0.25) is 4.79 Å². The summed E-state index contributed by atoms with van der Waals surface area (Å²) >= 11 is 0. The van der Waals surface area contributed by atoms with E-state index in [4.69, 9.17) is 9.47 Å². The van der Waals surface area contributed by atoms with Crippen LogP contribution >= 0.6 is 0 Å². The molecule has 1 amide bonds. The highest BCUT2D eigenvalue weighted by atomic mass is 32.2. The average molecular weight is 542 g/mol. The topological polar surface area (TPSA) is 90.9 Å². The zero-order valence-electron chi connectivity index (χ0n) is 20.6. The molecule has 4 rings (SSSR count). The van der Waals surface area contributed by atoms with Crippen LogP contribution in [-0.4, -0.2) is 39.1 Å². The van der Waals surface area contributed by atoms with Crippen molar-refractivity contribution in [2.45, 2.75) is 57.1 Å². The van der Waals surface area contributed by atoms with Crippen molar-refractivity contribution in [2.75, 3.05) is 13.2 Å². The zero-order chi connectivity index (χ0) is 26.8. The van der Waals surface area contributed by atoms with E-state index in [1.807, 2.05) is 6.92 Å². The van der Waals surface area contributed by atoms with Crippen LogP contribution in [0.15, 0.2) is 42.5 Å². The van der Waals surface area contributed by atoms with Crippen molar-refractivity contribution in [1.82, 2.24) is 5.32 Å². The first kappa shape index (κ1) is 27.1. The Balaban J connectivity index is 1.58. The molecule has 11 heteroatoms. The summed E-state index contributed by atoms with van der Waals surface area (Å²) in [7, 11) is -5.81. The van der Waals surface area contributed by atoms with Crippen LogP contribution in [0.1, 0.15) is 50.2 Å². The van der Waals surface area contributed by atoms with Crippen LogP contribution in [-0.2, 0) is 21.3 Å². The van der Waals surface area contributed by atoms with Crippen molar-refractivity contribution in [3.05, 3.63) is 53.6 Å². The SMILES string of the molecule is CC1C(CNC(=O)[C@@H]2COc3ccccc3O2)c2cc(OS(=O)(=O)C(F)(F)F)ccc2CCCC[C@@H]1C. The molecule has 7 nitrogen and oxygen atoms in total. The summed E-state index contributed by atoms with van der Waals surface area (Å²) in [6.07, 6.45) is 2.66. The molecule has 0 saturated carbocycles. The molecular formula is C26H30F3NO6S. The Bertz CT molecular complexity index is 1230. The van der Waals surface area contributed by atoms with Crippen molar-refractivity contribution >= 4 is 16.0 Å². The highest BCUT2D eigenvalue weighted by Gasteiger charge is 2.48. The fourth-order valence-electron chi connectivity index (χ4n) is 4.87. The lowest BCUT2D eigenvalue weighted by atomic mass is 9.77. The van der Waals surface area contributed by atoms with Crippen molar-refractivity contribution in [2.24, 2.45) is 11.8 Å². The molecule has 0 bridgehead atoms. The molecule has 202 valence electrons. The summed E-state index contributed by atoms with van der Waals surface area (Å²) in [5.41, 5.74) is -3.98. The first-order valence-corrected chi connectivity index (χ1v) is 13.7. The van der Waals surface area contributed by atoms with E-state index in [9.17, 15) is 26.4 Å². The summed E-state index contributed by atoms with van der Waals surface area (Å²) in [6.45, 7) is 4.37. The number of benzene rings is 2. The monoisotopic (exact) mass is 541 g/mol. The molecule has 1 heterocycles. The number of alkyl halides is 3. The van der Waals surface area contributed by atoms with Gasteiger partial charge in [0.25, 0.3) is 5.91 Å². The molecule has 0 radical (unpaired) electrons. The summed E-state index contributed by atoms with van der Waals surface area (Å²) in [6, 6.07) is 11.3. The van der Waals surface area contributed by atoms with Crippen LogP contribution in [0, 0.1) is 11.8 Å². The molecule has 1 aliphatic heterocycles. The van der Waals surface area contributed by atoms with Crippen molar-refractivity contribution in [3.63, 3.8) is 0 Å². The minimum atomic E-state index is -5.81. The van der Waals surface area contributed by atoms with Gasteiger partial charge in [0, 0.05) is 12.5 Å². The van der Waals surface area contributed by atoms with E-state index < -0.39 is 27.5 Å². The van der Waals surface area contributed by atoms with Gasteiger partial charge < -0.3 is 19.0 Å². The lowest BCUT2D eigenvalue weighted by molar-refractivity contribution is -0.130. The first-order chi connectivity index (χ1) is 17.5. The molecule has 4 atom stereocenters. The van der Waals surface area contributed by atoms with Crippen molar-refractivity contribution in [1.29, 1.82) is 0 Å². The van der Waals surface area contributed by atoms with Crippen molar-refractivity contribution < 1.29 is 40.0 Å².